The van der Waals surface area contributed by atoms with E-state index in [0.29, 0.717) is 11.1 Å². The number of hydrogen-bond acceptors (Lipinski definition) is 9. The summed E-state index contributed by atoms with van der Waals surface area (Å²) in [6, 6.07) is 2.04. The number of rotatable bonds is 3. The summed E-state index contributed by atoms with van der Waals surface area (Å²) in [5, 5.41) is 34.4. The molecule has 4 aliphatic rings. The van der Waals surface area contributed by atoms with Crippen molar-refractivity contribution < 1.29 is 39.3 Å². The zero-order chi connectivity index (χ0) is 27.1. The monoisotopic (exact) mass is 510 g/mol. The van der Waals surface area contributed by atoms with Gasteiger partial charge in [-0.3, -0.25) is 28.9 Å². The van der Waals surface area contributed by atoms with Crippen molar-refractivity contribution in [2.45, 2.75) is 49.9 Å². The molecule has 8 unspecified atom stereocenters. The average molecular weight is 511 g/mol. The number of amides is 1. The molecule has 0 radical (unpaired) electrons. The highest BCUT2D eigenvalue weighted by Crippen LogP contribution is 2.55. The molecule has 0 spiro atoms. The molecule has 10 nitrogen and oxygen atoms in total. The Morgan fingerprint density at radius 3 is 2.38 bits per heavy atom. The van der Waals surface area contributed by atoms with Gasteiger partial charge in [-0.1, -0.05) is 25.1 Å². The van der Waals surface area contributed by atoms with E-state index in [1.54, 1.807) is 19.1 Å². The molecule has 1 aromatic rings. The highest BCUT2D eigenvalue weighted by atomic mass is 16.3. The number of hydrogen-bond donors (Lipinski definition) is 4. The molecule has 196 valence electrons. The number of carbonyl (C=O) groups excluding carboxylic acids is 5. The van der Waals surface area contributed by atoms with Gasteiger partial charge in [-0.15, -0.1) is 0 Å². The van der Waals surface area contributed by atoms with Crippen LogP contribution in [-0.2, 0) is 19.2 Å². The molecule has 0 bridgehead atoms. The predicted molar refractivity (Wildman–Crippen MR) is 129 cm³/mol. The Labute approximate surface area is 213 Å². The van der Waals surface area contributed by atoms with Gasteiger partial charge >= 0.3 is 0 Å². The lowest BCUT2D eigenvalue weighted by Crippen LogP contribution is -2.77. The number of ketones is 4. The number of aromatic hydroxyl groups is 1. The number of benzene rings is 1. The second-order valence-corrected chi connectivity index (χ2v) is 10.9. The Morgan fingerprint density at radius 2 is 1.81 bits per heavy atom. The highest BCUT2D eigenvalue weighted by Gasteiger charge is 2.72. The van der Waals surface area contributed by atoms with E-state index < -0.39 is 76.4 Å². The van der Waals surface area contributed by atoms with Crippen molar-refractivity contribution >= 4 is 34.6 Å². The molecule has 10 heteroatoms. The highest BCUT2D eigenvalue weighted by molar-refractivity contribution is 6.32. The predicted octanol–water partition coefficient (Wildman–Crippen LogP) is -0.0339. The number of primary amides is 1. The normalized spacial score (nSPS) is 37.2. The van der Waals surface area contributed by atoms with E-state index in [1.807, 2.05) is 6.08 Å². The molecular formula is C27H30N2O8. The molecule has 1 amide bonds. The van der Waals surface area contributed by atoms with Gasteiger partial charge in [-0.05, 0) is 50.4 Å². The van der Waals surface area contributed by atoms with Crippen molar-refractivity contribution in [1.29, 1.82) is 0 Å². The molecule has 4 aliphatic carbocycles. The molecule has 2 saturated carbocycles. The van der Waals surface area contributed by atoms with Crippen LogP contribution in [-0.4, -0.2) is 81.1 Å². The minimum absolute atomic E-state index is 0.0726. The van der Waals surface area contributed by atoms with Crippen LogP contribution >= 0.6 is 0 Å². The molecule has 5 rings (SSSR count). The standard InChI is InChI=1S/C27H30N2O8/c1-10-12-8-9-13(11-6-4-5-7-11)20(30)15(12)21(31)16-14(10)22(32)18-19(29(2)3)23(33)17(26(28)36)25(35)27(18,37)24(16)34/h6,8-10,14,16-19,22,30,32,37H,4-5,7H2,1-3H3,(H2,28,36). The Bertz CT molecular complexity index is 1300. The van der Waals surface area contributed by atoms with Gasteiger partial charge in [-0.2, -0.15) is 0 Å². The number of phenols is 1. The molecule has 0 aromatic heterocycles. The first-order chi connectivity index (χ1) is 17.3. The number of Topliss-reactive ketones (excluding diaryl/α,β-unsaturated/α-hetero) is 4. The quantitative estimate of drug-likeness (QED) is 0.407. The van der Waals surface area contributed by atoms with Gasteiger partial charge in [-0.25, -0.2) is 0 Å². The van der Waals surface area contributed by atoms with E-state index in [0.717, 1.165) is 24.8 Å². The van der Waals surface area contributed by atoms with Crippen LogP contribution < -0.4 is 5.73 Å². The molecule has 0 saturated heterocycles. The second-order valence-electron chi connectivity index (χ2n) is 10.9. The maximum absolute atomic E-state index is 14.0. The summed E-state index contributed by atoms with van der Waals surface area (Å²) >= 11 is 0. The van der Waals surface area contributed by atoms with E-state index in [2.05, 4.69) is 0 Å². The fourth-order valence-electron chi connectivity index (χ4n) is 7.16. The summed E-state index contributed by atoms with van der Waals surface area (Å²) in [6.45, 7) is 1.70. The Morgan fingerprint density at radius 1 is 1.14 bits per heavy atom. The van der Waals surface area contributed by atoms with Crippen LogP contribution in [0.2, 0.25) is 0 Å². The number of fused-ring (bicyclic) bond motifs is 3. The van der Waals surface area contributed by atoms with Gasteiger partial charge in [0.1, 0.15) is 5.75 Å². The summed E-state index contributed by atoms with van der Waals surface area (Å²) < 4.78 is 0. The van der Waals surface area contributed by atoms with Crippen LogP contribution in [0.5, 0.6) is 5.75 Å². The second kappa shape index (κ2) is 8.41. The van der Waals surface area contributed by atoms with E-state index in [4.69, 9.17) is 5.73 Å². The zero-order valence-electron chi connectivity index (χ0n) is 20.8. The van der Waals surface area contributed by atoms with Crippen molar-refractivity contribution in [3.63, 3.8) is 0 Å². The van der Waals surface area contributed by atoms with E-state index in [-0.39, 0.29) is 11.3 Å². The first-order valence-electron chi connectivity index (χ1n) is 12.4. The number of aliphatic hydroxyl groups excluding tert-OH is 1. The molecule has 2 fully saturated rings. The summed E-state index contributed by atoms with van der Waals surface area (Å²) in [4.78, 5) is 67.8. The number of allylic oxidation sites excluding steroid dienone is 2. The molecule has 0 heterocycles. The minimum atomic E-state index is -2.99. The number of nitrogens with zero attached hydrogens (tertiary/aromatic N) is 1. The minimum Gasteiger partial charge on any atom is -0.507 e. The number of aliphatic hydroxyl groups is 2. The lowest BCUT2D eigenvalue weighted by atomic mass is 9.49. The average Bonchev–Trinajstić information content (AvgIpc) is 3.35. The van der Waals surface area contributed by atoms with E-state index >= 15 is 0 Å². The Kier molecular flexibility index (Phi) is 5.78. The molecule has 1 aromatic carbocycles. The van der Waals surface area contributed by atoms with E-state index in [9.17, 15) is 39.3 Å². The topological polar surface area (TPSA) is 175 Å². The van der Waals surface area contributed by atoms with Gasteiger partial charge in [0.25, 0.3) is 0 Å². The largest absolute Gasteiger partial charge is 0.507 e. The summed E-state index contributed by atoms with van der Waals surface area (Å²) in [5.41, 5.74) is 4.07. The lowest BCUT2D eigenvalue weighted by molar-refractivity contribution is -0.196. The Balaban J connectivity index is 1.70. The van der Waals surface area contributed by atoms with Gasteiger partial charge in [0, 0.05) is 11.5 Å². The van der Waals surface area contributed by atoms with Crippen molar-refractivity contribution in [2.24, 2.45) is 29.4 Å². The van der Waals surface area contributed by atoms with E-state index in [1.165, 1.54) is 19.0 Å². The van der Waals surface area contributed by atoms with Crippen molar-refractivity contribution in [2.75, 3.05) is 14.1 Å². The smallest absolute Gasteiger partial charge is 0.235 e. The Hall–Kier alpha value is -3.21. The lowest BCUT2D eigenvalue weighted by Gasteiger charge is -2.56. The van der Waals surface area contributed by atoms with Crippen LogP contribution in [0.15, 0.2) is 18.2 Å². The number of nitrogens with two attached hydrogens (primary N) is 1. The van der Waals surface area contributed by atoms with Crippen LogP contribution in [0.1, 0.15) is 53.6 Å². The fraction of sp³-hybridized carbons (Fsp3) is 0.519. The van der Waals surface area contributed by atoms with Crippen LogP contribution in [0, 0.1) is 23.7 Å². The van der Waals surface area contributed by atoms with Gasteiger partial charge in [0.05, 0.1) is 29.5 Å². The molecule has 8 atom stereocenters. The van der Waals surface area contributed by atoms with Crippen molar-refractivity contribution in [1.82, 2.24) is 4.90 Å². The summed E-state index contributed by atoms with van der Waals surface area (Å²) in [5.74, 6) is -13.0. The fourth-order valence-corrected chi connectivity index (χ4v) is 7.16. The molecule has 0 aliphatic heterocycles. The summed E-state index contributed by atoms with van der Waals surface area (Å²) in [6.07, 6.45) is 2.83. The van der Waals surface area contributed by atoms with Crippen LogP contribution in [0.4, 0.5) is 0 Å². The van der Waals surface area contributed by atoms with Crippen molar-refractivity contribution in [3.8, 4) is 5.75 Å². The SMILES string of the molecule is CC1c2ccc(C3=CCCC3)c(O)c2C(=O)C2C(=O)C3(O)C(=O)C(C(N)=O)C(=O)C(N(C)C)C3C(O)C21. The maximum Gasteiger partial charge on any atom is 0.235 e. The first kappa shape index (κ1) is 25.4. The molecular weight excluding hydrogens is 480 g/mol. The van der Waals surface area contributed by atoms with Crippen LogP contribution in [0.3, 0.4) is 0 Å². The van der Waals surface area contributed by atoms with Gasteiger partial charge in [0.15, 0.2) is 34.7 Å². The maximum atomic E-state index is 14.0. The first-order valence-corrected chi connectivity index (χ1v) is 12.4. The molecule has 37 heavy (non-hydrogen) atoms. The summed E-state index contributed by atoms with van der Waals surface area (Å²) in [7, 11) is 2.92. The third kappa shape index (κ3) is 3.19. The third-order valence-electron chi connectivity index (χ3n) is 8.88. The van der Waals surface area contributed by atoms with Crippen LogP contribution in [0.25, 0.3) is 5.57 Å². The zero-order valence-corrected chi connectivity index (χ0v) is 20.8. The number of carbonyl (C=O) groups is 5. The molecule has 5 N–H and O–H groups in total. The van der Waals surface area contributed by atoms with Gasteiger partial charge in [0.2, 0.25) is 5.91 Å². The van der Waals surface area contributed by atoms with Crippen molar-refractivity contribution in [3.05, 3.63) is 34.9 Å². The number of likely N-dealkylation sites (N-methyl/N-ethyl adjacent to an activating group) is 1. The number of phenolic OH excluding ortho intramolecular Hbond substituents is 1. The van der Waals surface area contributed by atoms with Gasteiger partial charge < -0.3 is 21.1 Å². The third-order valence-corrected chi connectivity index (χ3v) is 8.88.